The SMILES string of the molecule is CCCCCCCCCCCCCCCCCCCCCCCCCC(O)C(CO)NC(=O)CCCCCCCCCCCCCCCC/C=C\CCCCCCCCCCCCCCOC(=O)CCCCCCCCCCCCCCCCC. The zero-order valence-corrected chi connectivity index (χ0v) is 58.1. The number of unbranched alkanes of at least 4 members (excludes halogenated alkanes) is 62. The van der Waals surface area contributed by atoms with Crippen molar-refractivity contribution in [1.29, 1.82) is 0 Å². The molecule has 2 atom stereocenters. The number of aliphatic hydroxyl groups is 2. The summed E-state index contributed by atoms with van der Waals surface area (Å²) in [6.45, 7) is 5.01. The number of hydrogen-bond donors (Lipinski definition) is 3. The Kier molecular flexibility index (Phi) is 73.8. The van der Waals surface area contributed by atoms with Crippen molar-refractivity contribution >= 4 is 11.9 Å². The van der Waals surface area contributed by atoms with E-state index < -0.39 is 12.1 Å². The van der Waals surface area contributed by atoms with Crippen LogP contribution in [0.25, 0.3) is 0 Å². The van der Waals surface area contributed by atoms with Crippen LogP contribution in [0.4, 0.5) is 0 Å². The van der Waals surface area contributed by atoms with Gasteiger partial charge in [-0.05, 0) is 51.4 Å². The van der Waals surface area contributed by atoms with Crippen molar-refractivity contribution in [2.45, 2.75) is 469 Å². The van der Waals surface area contributed by atoms with Crippen LogP contribution in [-0.2, 0) is 14.3 Å². The topological polar surface area (TPSA) is 95.9 Å². The van der Waals surface area contributed by atoms with Crippen molar-refractivity contribution in [3.63, 3.8) is 0 Å². The maximum Gasteiger partial charge on any atom is 0.305 e. The number of nitrogens with one attached hydrogen (secondary N) is 1. The largest absolute Gasteiger partial charge is 0.466 e. The summed E-state index contributed by atoms with van der Waals surface area (Å²) in [5.41, 5.74) is 0. The molecular weight excluding hydrogens is 1040 g/mol. The average Bonchev–Trinajstić information content (AvgIpc) is 3.52. The minimum absolute atomic E-state index is 0.0214. The third-order valence-corrected chi connectivity index (χ3v) is 18.8. The molecule has 3 N–H and O–H groups in total. The third-order valence-electron chi connectivity index (χ3n) is 18.8. The lowest BCUT2D eigenvalue weighted by Crippen LogP contribution is -2.45. The molecule has 0 aliphatic rings. The molecule has 0 fully saturated rings. The molecule has 0 saturated heterocycles. The van der Waals surface area contributed by atoms with E-state index in [4.69, 9.17) is 4.74 Å². The van der Waals surface area contributed by atoms with Crippen LogP contribution < -0.4 is 5.32 Å². The lowest BCUT2D eigenvalue weighted by Gasteiger charge is -2.22. The molecular formula is C79H155NO5. The van der Waals surface area contributed by atoms with Crippen molar-refractivity contribution in [2.75, 3.05) is 13.2 Å². The second-order valence-electron chi connectivity index (χ2n) is 27.4. The van der Waals surface area contributed by atoms with Crippen LogP contribution in [0.3, 0.4) is 0 Å². The third kappa shape index (κ3) is 71.6. The normalized spacial score (nSPS) is 12.5. The highest BCUT2D eigenvalue weighted by Gasteiger charge is 2.20. The van der Waals surface area contributed by atoms with Crippen molar-refractivity contribution in [2.24, 2.45) is 0 Å². The van der Waals surface area contributed by atoms with Crippen LogP contribution in [0.5, 0.6) is 0 Å². The Morgan fingerprint density at radius 2 is 0.553 bits per heavy atom. The number of amides is 1. The molecule has 0 aromatic heterocycles. The fraction of sp³-hybridized carbons (Fsp3) is 0.949. The quantitative estimate of drug-likeness (QED) is 0.0320. The Morgan fingerprint density at radius 3 is 0.835 bits per heavy atom. The number of esters is 1. The van der Waals surface area contributed by atoms with Gasteiger partial charge in [0.05, 0.1) is 25.4 Å². The summed E-state index contributed by atoms with van der Waals surface area (Å²) >= 11 is 0. The van der Waals surface area contributed by atoms with Gasteiger partial charge in [0.2, 0.25) is 5.91 Å². The van der Waals surface area contributed by atoms with Gasteiger partial charge in [-0.25, -0.2) is 0 Å². The summed E-state index contributed by atoms with van der Waals surface area (Å²) < 4.78 is 5.50. The standard InChI is InChI=1S/C79H155NO5/c1-3-5-7-9-11-13-15-17-19-20-21-22-31-34-37-40-44-47-51-55-59-63-67-71-77(82)76(75-81)80-78(83)72-68-64-60-56-52-48-45-41-38-35-32-29-27-25-23-24-26-28-30-33-36-39-42-46-50-54-58-62-66-70-74-85-79(84)73-69-65-61-57-53-49-43-18-16-14-12-10-8-6-4-2/h24,26,76-77,81-82H,3-23,25,27-75H2,1-2H3,(H,80,83)/b26-24-. The number of rotatable bonds is 75. The lowest BCUT2D eigenvalue weighted by atomic mass is 10.0. The van der Waals surface area contributed by atoms with Crippen LogP contribution in [0.1, 0.15) is 457 Å². The van der Waals surface area contributed by atoms with E-state index in [1.165, 1.54) is 385 Å². The van der Waals surface area contributed by atoms with Gasteiger partial charge < -0.3 is 20.3 Å². The number of allylic oxidation sites excluding steroid dienone is 2. The molecule has 0 heterocycles. The Hall–Kier alpha value is -1.40. The number of carbonyl (C=O) groups excluding carboxylic acids is 2. The summed E-state index contributed by atoms with van der Waals surface area (Å²) in [7, 11) is 0. The molecule has 1 amide bonds. The first-order valence-corrected chi connectivity index (χ1v) is 39.4. The second-order valence-corrected chi connectivity index (χ2v) is 27.4. The van der Waals surface area contributed by atoms with Gasteiger partial charge >= 0.3 is 5.97 Å². The molecule has 2 unspecified atom stereocenters. The molecule has 0 saturated carbocycles. The van der Waals surface area contributed by atoms with Crippen LogP contribution in [-0.4, -0.2) is 47.4 Å². The number of ether oxygens (including phenoxy) is 1. The Morgan fingerprint density at radius 1 is 0.318 bits per heavy atom. The first-order chi connectivity index (χ1) is 42.0. The summed E-state index contributed by atoms with van der Waals surface area (Å²) in [5.74, 6) is -0.00615. The summed E-state index contributed by atoms with van der Waals surface area (Å²) in [6, 6.07) is -0.541. The summed E-state index contributed by atoms with van der Waals surface area (Å²) in [4.78, 5) is 24.7. The second kappa shape index (κ2) is 75.1. The van der Waals surface area contributed by atoms with Crippen LogP contribution >= 0.6 is 0 Å². The van der Waals surface area contributed by atoms with Crippen LogP contribution in [0.2, 0.25) is 0 Å². The average molecular weight is 1200 g/mol. The molecule has 6 nitrogen and oxygen atoms in total. The van der Waals surface area contributed by atoms with Gasteiger partial charge in [0.15, 0.2) is 0 Å². The van der Waals surface area contributed by atoms with E-state index in [1.54, 1.807) is 0 Å². The van der Waals surface area contributed by atoms with E-state index in [9.17, 15) is 19.8 Å². The molecule has 0 aliphatic carbocycles. The van der Waals surface area contributed by atoms with E-state index >= 15 is 0 Å². The molecule has 6 heteroatoms. The smallest absolute Gasteiger partial charge is 0.305 e. The molecule has 85 heavy (non-hydrogen) atoms. The van der Waals surface area contributed by atoms with Crippen molar-refractivity contribution < 1.29 is 24.5 Å². The highest BCUT2D eigenvalue weighted by atomic mass is 16.5. The summed E-state index contributed by atoms with van der Waals surface area (Å²) in [6.07, 6.45) is 94.4. The first kappa shape index (κ1) is 83.6. The molecule has 0 aliphatic heterocycles. The van der Waals surface area contributed by atoms with Gasteiger partial charge in [0, 0.05) is 12.8 Å². The molecule has 0 aromatic rings. The minimum atomic E-state index is -0.664. The molecule has 0 aromatic carbocycles. The van der Waals surface area contributed by atoms with Gasteiger partial charge in [-0.2, -0.15) is 0 Å². The molecule has 0 spiro atoms. The first-order valence-electron chi connectivity index (χ1n) is 39.4. The van der Waals surface area contributed by atoms with Gasteiger partial charge in [0.25, 0.3) is 0 Å². The van der Waals surface area contributed by atoms with Gasteiger partial charge in [0.1, 0.15) is 0 Å². The zero-order chi connectivity index (χ0) is 61.3. The van der Waals surface area contributed by atoms with Crippen LogP contribution in [0.15, 0.2) is 12.2 Å². The fourth-order valence-corrected chi connectivity index (χ4v) is 12.8. The van der Waals surface area contributed by atoms with E-state index in [0.717, 1.165) is 38.5 Å². The Labute approximate surface area is 533 Å². The molecule has 506 valence electrons. The fourth-order valence-electron chi connectivity index (χ4n) is 12.8. The van der Waals surface area contributed by atoms with Gasteiger partial charge in [-0.3, -0.25) is 9.59 Å². The van der Waals surface area contributed by atoms with Gasteiger partial charge in [-0.15, -0.1) is 0 Å². The molecule has 0 radical (unpaired) electrons. The predicted octanol–water partition coefficient (Wildman–Crippen LogP) is 25.9. The molecule has 0 rings (SSSR count). The van der Waals surface area contributed by atoms with Gasteiger partial charge in [-0.1, -0.05) is 405 Å². The highest BCUT2D eigenvalue weighted by Crippen LogP contribution is 2.20. The van der Waals surface area contributed by atoms with E-state index in [1.807, 2.05) is 0 Å². The molecule has 0 bridgehead atoms. The number of carbonyl (C=O) groups is 2. The van der Waals surface area contributed by atoms with E-state index in [-0.39, 0.29) is 18.5 Å². The Balaban J connectivity index is 3.36. The lowest BCUT2D eigenvalue weighted by molar-refractivity contribution is -0.143. The zero-order valence-electron chi connectivity index (χ0n) is 58.1. The maximum absolute atomic E-state index is 12.6. The van der Waals surface area contributed by atoms with Crippen LogP contribution in [0, 0.1) is 0 Å². The van der Waals surface area contributed by atoms with Crippen molar-refractivity contribution in [3.05, 3.63) is 12.2 Å². The van der Waals surface area contributed by atoms with Crippen molar-refractivity contribution in [3.8, 4) is 0 Å². The number of aliphatic hydroxyl groups excluding tert-OH is 2. The van der Waals surface area contributed by atoms with E-state index in [0.29, 0.717) is 25.9 Å². The Bertz CT molecular complexity index is 1290. The number of hydrogen-bond acceptors (Lipinski definition) is 5. The highest BCUT2D eigenvalue weighted by molar-refractivity contribution is 5.76. The van der Waals surface area contributed by atoms with E-state index in [2.05, 4.69) is 31.3 Å². The van der Waals surface area contributed by atoms with Crippen molar-refractivity contribution in [1.82, 2.24) is 5.32 Å². The predicted molar refractivity (Wildman–Crippen MR) is 375 cm³/mol. The minimum Gasteiger partial charge on any atom is -0.466 e. The monoisotopic (exact) mass is 1200 g/mol. The maximum atomic E-state index is 12.6. The summed E-state index contributed by atoms with van der Waals surface area (Å²) in [5, 5.41) is 23.5.